The number of hydrogen-bond acceptors (Lipinski definition) is 3. The predicted octanol–water partition coefficient (Wildman–Crippen LogP) is 4.20. The molecule has 0 aliphatic heterocycles. The van der Waals surface area contributed by atoms with E-state index in [4.69, 9.17) is 9.98 Å². The lowest BCUT2D eigenvalue weighted by atomic mass is 9.96. The second kappa shape index (κ2) is 8.83. The van der Waals surface area contributed by atoms with Gasteiger partial charge < -0.3 is 10.6 Å². The molecule has 1 aliphatic carbocycles. The maximum Gasteiger partial charge on any atom is 0.191 e. The molecule has 0 bridgehead atoms. The molecule has 0 spiro atoms. The summed E-state index contributed by atoms with van der Waals surface area (Å²) in [4.78, 5) is 9.44. The van der Waals surface area contributed by atoms with E-state index in [1.54, 1.807) is 11.3 Å². The van der Waals surface area contributed by atoms with Crippen molar-refractivity contribution in [1.29, 1.82) is 0 Å². The lowest BCUT2D eigenvalue weighted by molar-refractivity contribution is 0.410. The molecule has 1 saturated carbocycles. The first kappa shape index (κ1) is 17.0. The van der Waals surface area contributed by atoms with Crippen LogP contribution in [0.3, 0.4) is 0 Å². The molecule has 0 atom stereocenters. The van der Waals surface area contributed by atoms with Crippen LogP contribution in [-0.4, -0.2) is 23.5 Å². The van der Waals surface area contributed by atoms with Crippen LogP contribution in [0.2, 0.25) is 0 Å². The molecule has 2 N–H and O–H groups in total. The van der Waals surface area contributed by atoms with Crippen LogP contribution in [0.4, 0.5) is 0 Å². The molecule has 3 rings (SSSR count). The van der Waals surface area contributed by atoms with Crippen molar-refractivity contribution in [1.82, 2.24) is 15.6 Å². The smallest absolute Gasteiger partial charge is 0.191 e. The number of aliphatic imine (C=N–C) groups is 1. The monoisotopic (exact) mass is 342 g/mol. The fourth-order valence-corrected chi connectivity index (χ4v) is 3.83. The van der Waals surface area contributed by atoms with Crippen molar-refractivity contribution in [2.24, 2.45) is 4.99 Å². The van der Waals surface area contributed by atoms with Crippen molar-refractivity contribution in [3.8, 4) is 10.6 Å². The quantitative estimate of drug-likeness (QED) is 0.632. The van der Waals surface area contributed by atoms with Crippen LogP contribution in [0.5, 0.6) is 0 Å². The van der Waals surface area contributed by atoms with E-state index in [0.29, 0.717) is 12.6 Å². The van der Waals surface area contributed by atoms with Gasteiger partial charge in [0.1, 0.15) is 5.01 Å². The summed E-state index contributed by atoms with van der Waals surface area (Å²) in [6, 6.07) is 10.9. The van der Waals surface area contributed by atoms with Crippen LogP contribution in [-0.2, 0) is 6.54 Å². The SMILES string of the molecule is CCNC(=NCc1csc(-c2ccccc2)n1)NC1CCCCC1. The third-order valence-electron chi connectivity index (χ3n) is 4.26. The van der Waals surface area contributed by atoms with Crippen LogP contribution in [0.25, 0.3) is 10.6 Å². The number of aromatic nitrogens is 1. The Balaban J connectivity index is 1.62. The van der Waals surface area contributed by atoms with Crippen LogP contribution >= 0.6 is 11.3 Å². The minimum atomic E-state index is 0.562. The molecule has 0 saturated heterocycles. The van der Waals surface area contributed by atoms with E-state index >= 15 is 0 Å². The first-order valence-electron chi connectivity index (χ1n) is 8.90. The highest BCUT2D eigenvalue weighted by molar-refractivity contribution is 7.13. The molecule has 0 unspecified atom stereocenters. The minimum absolute atomic E-state index is 0.562. The Labute approximate surface area is 148 Å². The fraction of sp³-hybridized carbons (Fsp3) is 0.474. The van der Waals surface area contributed by atoms with E-state index < -0.39 is 0 Å². The van der Waals surface area contributed by atoms with Crippen molar-refractivity contribution in [3.05, 3.63) is 41.4 Å². The van der Waals surface area contributed by atoms with Gasteiger partial charge in [0, 0.05) is 23.5 Å². The lowest BCUT2D eigenvalue weighted by Crippen LogP contribution is -2.44. The Morgan fingerprint density at radius 3 is 2.75 bits per heavy atom. The molecule has 4 nitrogen and oxygen atoms in total. The van der Waals surface area contributed by atoms with E-state index in [1.807, 2.05) is 18.2 Å². The van der Waals surface area contributed by atoms with E-state index in [0.717, 1.165) is 23.2 Å². The number of thiazole rings is 1. The van der Waals surface area contributed by atoms with Crippen LogP contribution in [0.1, 0.15) is 44.7 Å². The molecule has 1 heterocycles. The summed E-state index contributed by atoms with van der Waals surface area (Å²) < 4.78 is 0. The normalized spacial score (nSPS) is 16.1. The Bertz CT molecular complexity index is 644. The fourth-order valence-electron chi connectivity index (χ4n) is 3.01. The summed E-state index contributed by atoms with van der Waals surface area (Å²) in [6.07, 6.45) is 6.51. The number of nitrogens with one attached hydrogen (secondary N) is 2. The Kier molecular flexibility index (Phi) is 6.24. The molecule has 1 aromatic heterocycles. The largest absolute Gasteiger partial charge is 0.357 e. The molecule has 0 amide bonds. The van der Waals surface area contributed by atoms with E-state index in [9.17, 15) is 0 Å². The number of rotatable bonds is 5. The molecule has 1 aromatic carbocycles. The van der Waals surface area contributed by atoms with E-state index in [2.05, 4.69) is 35.1 Å². The second-order valence-corrected chi connectivity index (χ2v) is 7.04. The van der Waals surface area contributed by atoms with Crippen LogP contribution < -0.4 is 10.6 Å². The first-order valence-corrected chi connectivity index (χ1v) is 9.78. The Morgan fingerprint density at radius 1 is 1.21 bits per heavy atom. The van der Waals surface area contributed by atoms with Crippen LogP contribution in [0, 0.1) is 0 Å². The minimum Gasteiger partial charge on any atom is -0.357 e. The van der Waals surface area contributed by atoms with Gasteiger partial charge in [-0.15, -0.1) is 11.3 Å². The summed E-state index contributed by atoms with van der Waals surface area (Å²) in [5.41, 5.74) is 2.20. The maximum absolute atomic E-state index is 4.72. The third kappa shape index (κ3) is 4.81. The number of benzene rings is 1. The molecular formula is C19H26N4S. The number of nitrogens with zero attached hydrogens (tertiary/aromatic N) is 2. The standard InChI is InChI=1S/C19H26N4S/c1-2-20-19(23-16-11-7-4-8-12-16)21-13-17-14-24-18(22-17)15-9-5-3-6-10-15/h3,5-6,9-10,14,16H,2,4,7-8,11-13H2,1H3,(H2,20,21,23). The van der Waals surface area contributed by atoms with Gasteiger partial charge in [-0.3, -0.25) is 0 Å². The molecule has 0 radical (unpaired) electrons. The van der Waals surface area contributed by atoms with Gasteiger partial charge in [-0.2, -0.15) is 0 Å². The summed E-state index contributed by atoms with van der Waals surface area (Å²) in [7, 11) is 0. The van der Waals surface area contributed by atoms with Gasteiger partial charge in [0.25, 0.3) is 0 Å². The van der Waals surface area contributed by atoms with Crippen molar-refractivity contribution in [3.63, 3.8) is 0 Å². The first-order chi connectivity index (χ1) is 11.8. The molecule has 2 aromatic rings. The highest BCUT2D eigenvalue weighted by atomic mass is 32.1. The van der Waals surface area contributed by atoms with Gasteiger partial charge in [0.05, 0.1) is 12.2 Å². The van der Waals surface area contributed by atoms with Crippen molar-refractivity contribution in [2.45, 2.75) is 51.6 Å². The predicted molar refractivity (Wildman–Crippen MR) is 102 cm³/mol. The molecule has 24 heavy (non-hydrogen) atoms. The summed E-state index contributed by atoms with van der Waals surface area (Å²) in [6.45, 7) is 3.60. The summed E-state index contributed by atoms with van der Waals surface area (Å²) >= 11 is 1.68. The number of hydrogen-bond donors (Lipinski definition) is 2. The van der Waals surface area contributed by atoms with Gasteiger partial charge in [0.2, 0.25) is 0 Å². The second-order valence-electron chi connectivity index (χ2n) is 6.18. The van der Waals surface area contributed by atoms with Crippen molar-refractivity contribution < 1.29 is 0 Å². The Morgan fingerprint density at radius 2 is 2.00 bits per heavy atom. The molecule has 1 aliphatic rings. The summed E-state index contributed by atoms with van der Waals surface area (Å²) in [5, 5.41) is 10.1. The third-order valence-corrected chi connectivity index (χ3v) is 5.20. The van der Waals surface area contributed by atoms with Gasteiger partial charge >= 0.3 is 0 Å². The van der Waals surface area contributed by atoms with Gasteiger partial charge in [0.15, 0.2) is 5.96 Å². The zero-order chi connectivity index (χ0) is 16.6. The highest BCUT2D eigenvalue weighted by Gasteiger charge is 2.14. The zero-order valence-corrected chi connectivity index (χ0v) is 15.1. The summed E-state index contributed by atoms with van der Waals surface area (Å²) in [5.74, 6) is 0.915. The average Bonchev–Trinajstić information content (AvgIpc) is 3.11. The zero-order valence-electron chi connectivity index (χ0n) is 14.3. The highest BCUT2D eigenvalue weighted by Crippen LogP contribution is 2.23. The van der Waals surface area contributed by atoms with Crippen LogP contribution in [0.15, 0.2) is 40.7 Å². The topological polar surface area (TPSA) is 49.3 Å². The van der Waals surface area contributed by atoms with Gasteiger partial charge in [-0.05, 0) is 19.8 Å². The van der Waals surface area contributed by atoms with E-state index in [-0.39, 0.29) is 0 Å². The average molecular weight is 343 g/mol. The molecule has 1 fully saturated rings. The maximum atomic E-state index is 4.72. The molecule has 5 heteroatoms. The van der Waals surface area contributed by atoms with Crippen molar-refractivity contribution >= 4 is 17.3 Å². The molecular weight excluding hydrogens is 316 g/mol. The lowest BCUT2D eigenvalue weighted by Gasteiger charge is -2.24. The van der Waals surface area contributed by atoms with E-state index in [1.165, 1.54) is 37.7 Å². The molecule has 128 valence electrons. The number of guanidine groups is 1. The van der Waals surface area contributed by atoms with Gasteiger partial charge in [-0.1, -0.05) is 49.6 Å². The van der Waals surface area contributed by atoms with Crippen molar-refractivity contribution in [2.75, 3.05) is 6.54 Å². The van der Waals surface area contributed by atoms with Gasteiger partial charge in [-0.25, -0.2) is 9.98 Å². The Hall–Kier alpha value is -1.88.